The molecule has 1 amide bonds. The summed E-state index contributed by atoms with van der Waals surface area (Å²) in [5.74, 6) is -0.378. The van der Waals surface area contributed by atoms with E-state index in [2.05, 4.69) is 34.7 Å². The molecule has 1 aliphatic rings. The lowest BCUT2D eigenvalue weighted by Crippen LogP contribution is -2.50. The van der Waals surface area contributed by atoms with Crippen molar-refractivity contribution in [2.75, 3.05) is 6.26 Å². The van der Waals surface area contributed by atoms with Crippen LogP contribution in [0.2, 0.25) is 0 Å². The van der Waals surface area contributed by atoms with Crippen LogP contribution >= 0.6 is 0 Å². The maximum absolute atomic E-state index is 12.9. The van der Waals surface area contributed by atoms with Crippen LogP contribution in [0.5, 0.6) is 0 Å². The molecular formula is C24H27N3O3S. The van der Waals surface area contributed by atoms with E-state index in [9.17, 15) is 13.2 Å². The molecule has 162 valence electrons. The van der Waals surface area contributed by atoms with Crippen molar-refractivity contribution in [3.8, 4) is 11.1 Å². The second-order valence-corrected chi connectivity index (χ2v) is 10.5. The number of hydrogen-bond acceptors (Lipinski definition) is 4. The van der Waals surface area contributed by atoms with Crippen LogP contribution in [0.15, 0.2) is 67.0 Å². The highest BCUT2D eigenvalue weighted by molar-refractivity contribution is 7.92. The summed E-state index contributed by atoms with van der Waals surface area (Å²) in [6.45, 7) is 1.000. The van der Waals surface area contributed by atoms with E-state index in [1.54, 1.807) is 6.20 Å². The number of nitrogens with one attached hydrogen (secondary N) is 1. The van der Waals surface area contributed by atoms with E-state index >= 15 is 0 Å². The van der Waals surface area contributed by atoms with Crippen LogP contribution in [0, 0.1) is 0 Å². The number of rotatable bonds is 7. The second kappa shape index (κ2) is 8.67. The van der Waals surface area contributed by atoms with Gasteiger partial charge in [-0.05, 0) is 41.2 Å². The molecule has 7 heteroatoms. The first-order valence-corrected chi connectivity index (χ1v) is 12.4. The summed E-state index contributed by atoms with van der Waals surface area (Å²) in [5.41, 5.74) is 4.17. The Bertz CT molecular complexity index is 1150. The van der Waals surface area contributed by atoms with Gasteiger partial charge < -0.3 is 5.32 Å². The number of benzene rings is 2. The van der Waals surface area contributed by atoms with Gasteiger partial charge >= 0.3 is 0 Å². The standard InChI is InChI=1S/C24H27N3O3S/c1-31(29,30)24(13-4-5-14-24)23(28)25-17-21-7-2-3-8-22(21)20-11-9-19(10-12-20)18-27-16-6-15-26-27/h2-3,6-12,15-16H,4-5,13-14,17-18H2,1H3,(H,25,28). The molecule has 1 aliphatic carbocycles. The lowest BCUT2D eigenvalue weighted by atomic mass is 9.98. The maximum atomic E-state index is 12.9. The molecule has 1 N–H and O–H groups in total. The van der Waals surface area contributed by atoms with E-state index in [4.69, 9.17) is 0 Å². The second-order valence-electron chi connectivity index (χ2n) is 8.21. The van der Waals surface area contributed by atoms with Gasteiger partial charge in [0, 0.05) is 25.2 Å². The van der Waals surface area contributed by atoms with Gasteiger partial charge in [0.15, 0.2) is 9.84 Å². The summed E-state index contributed by atoms with van der Waals surface area (Å²) in [7, 11) is -3.48. The molecule has 0 saturated heterocycles. The number of sulfone groups is 1. The maximum Gasteiger partial charge on any atom is 0.241 e. The van der Waals surface area contributed by atoms with E-state index in [1.807, 2.05) is 41.2 Å². The van der Waals surface area contributed by atoms with Crippen molar-refractivity contribution in [2.24, 2.45) is 0 Å². The Labute approximate surface area is 183 Å². The fourth-order valence-electron chi connectivity index (χ4n) is 4.38. The van der Waals surface area contributed by atoms with Crippen LogP contribution in [0.25, 0.3) is 11.1 Å². The van der Waals surface area contributed by atoms with Crippen molar-refractivity contribution >= 4 is 15.7 Å². The van der Waals surface area contributed by atoms with Crippen LogP contribution in [0.1, 0.15) is 36.8 Å². The molecule has 0 radical (unpaired) electrons. The summed E-state index contributed by atoms with van der Waals surface area (Å²) in [4.78, 5) is 12.9. The Hall–Kier alpha value is -2.93. The monoisotopic (exact) mass is 437 g/mol. The average Bonchev–Trinajstić information content (AvgIpc) is 3.45. The molecule has 4 rings (SSSR count). The minimum Gasteiger partial charge on any atom is -0.351 e. The predicted octanol–water partition coefficient (Wildman–Crippen LogP) is 3.57. The van der Waals surface area contributed by atoms with Crippen LogP contribution in [0.3, 0.4) is 0 Å². The summed E-state index contributed by atoms with van der Waals surface area (Å²) in [5, 5.41) is 7.15. The first kappa shape index (κ1) is 21.3. The molecule has 0 unspecified atom stereocenters. The lowest BCUT2D eigenvalue weighted by molar-refractivity contribution is -0.123. The molecule has 1 heterocycles. The van der Waals surface area contributed by atoms with Crippen molar-refractivity contribution in [1.82, 2.24) is 15.1 Å². The molecule has 1 fully saturated rings. The average molecular weight is 438 g/mol. The molecule has 0 atom stereocenters. The van der Waals surface area contributed by atoms with E-state index in [0.717, 1.165) is 35.1 Å². The number of carbonyl (C=O) groups is 1. The Morgan fingerprint density at radius 3 is 2.42 bits per heavy atom. The zero-order valence-corrected chi connectivity index (χ0v) is 18.4. The Morgan fingerprint density at radius 1 is 1.06 bits per heavy atom. The third-order valence-corrected chi connectivity index (χ3v) is 8.17. The SMILES string of the molecule is CS(=O)(=O)C1(C(=O)NCc2ccccc2-c2ccc(Cn3cccn3)cc2)CCCC1. The van der Waals surface area contributed by atoms with Crippen molar-refractivity contribution < 1.29 is 13.2 Å². The first-order chi connectivity index (χ1) is 14.9. The van der Waals surface area contributed by atoms with E-state index in [0.29, 0.717) is 25.9 Å². The quantitative estimate of drug-likeness (QED) is 0.613. The topological polar surface area (TPSA) is 81.1 Å². The molecule has 0 spiro atoms. The fraction of sp³-hybridized carbons (Fsp3) is 0.333. The predicted molar refractivity (Wildman–Crippen MR) is 121 cm³/mol. The Balaban J connectivity index is 1.51. The summed E-state index contributed by atoms with van der Waals surface area (Å²) in [6, 6.07) is 18.1. The Morgan fingerprint density at radius 2 is 1.77 bits per heavy atom. The van der Waals surface area contributed by atoms with Crippen molar-refractivity contribution in [3.63, 3.8) is 0 Å². The molecule has 1 aromatic heterocycles. The summed E-state index contributed by atoms with van der Waals surface area (Å²) in [6.07, 6.45) is 7.20. The number of carbonyl (C=O) groups excluding carboxylic acids is 1. The van der Waals surface area contributed by atoms with Gasteiger partial charge in [-0.2, -0.15) is 5.10 Å². The van der Waals surface area contributed by atoms with Gasteiger partial charge in [0.1, 0.15) is 4.75 Å². The molecule has 6 nitrogen and oxygen atoms in total. The fourth-order valence-corrected chi connectivity index (χ4v) is 5.81. The summed E-state index contributed by atoms with van der Waals surface area (Å²) < 4.78 is 25.3. The van der Waals surface area contributed by atoms with Crippen LogP contribution in [-0.2, 0) is 27.7 Å². The van der Waals surface area contributed by atoms with Gasteiger partial charge in [-0.15, -0.1) is 0 Å². The largest absolute Gasteiger partial charge is 0.351 e. The van der Waals surface area contributed by atoms with Crippen molar-refractivity contribution in [1.29, 1.82) is 0 Å². The third kappa shape index (κ3) is 4.42. The van der Waals surface area contributed by atoms with Gasteiger partial charge in [-0.3, -0.25) is 9.48 Å². The first-order valence-electron chi connectivity index (χ1n) is 10.5. The van der Waals surface area contributed by atoms with Gasteiger partial charge in [0.05, 0.1) is 6.54 Å². The van der Waals surface area contributed by atoms with Gasteiger partial charge in [-0.1, -0.05) is 61.4 Å². The van der Waals surface area contributed by atoms with Crippen LogP contribution in [0.4, 0.5) is 0 Å². The molecule has 2 aromatic carbocycles. The van der Waals surface area contributed by atoms with E-state index in [-0.39, 0.29) is 5.91 Å². The van der Waals surface area contributed by atoms with Gasteiger partial charge in [0.25, 0.3) is 0 Å². The minimum atomic E-state index is -3.48. The van der Waals surface area contributed by atoms with Crippen LogP contribution in [-0.4, -0.2) is 35.1 Å². The molecule has 0 bridgehead atoms. The molecule has 3 aromatic rings. The lowest BCUT2D eigenvalue weighted by Gasteiger charge is -2.25. The highest BCUT2D eigenvalue weighted by Crippen LogP contribution is 2.37. The molecular weight excluding hydrogens is 410 g/mol. The normalized spacial score (nSPS) is 15.6. The van der Waals surface area contributed by atoms with Crippen LogP contribution < -0.4 is 5.32 Å². The summed E-state index contributed by atoms with van der Waals surface area (Å²) >= 11 is 0. The smallest absolute Gasteiger partial charge is 0.241 e. The highest BCUT2D eigenvalue weighted by atomic mass is 32.2. The van der Waals surface area contributed by atoms with E-state index < -0.39 is 14.6 Å². The zero-order chi connectivity index (χ0) is 21.9. The molecule has 0 aliphatic heterocycles. The molecule has 1 saturated carbocycles. The van der Waals surface area contributed by atoms with Gasteiger partial charge in [-0.25, -0.2) is 8.42 Å². The Kier molecular flexibility index (Phi) is 5.96. The number of aromatic nitrogens is 2. The third-order valence-electron chi connectivity index (χ3n) is 6.16. The number of amides is 1. The number of hydrogen-bond donors (Lipinski definition) is 1. The number of nitrogens with zero attached hydrogens (tertiary/aromatic N) is 2. The van der Waals surface area contributed by atoms with Crippen molar-refractivity contribution in [2.45, 2.75) is 43.5 Å². The van der Waals surface area contributed by atoms with E-state index in [1.165, 1.54) is 6.26 Å². The molecule has 31 heavy (non-hydrogen) atoms. The van der Waals surface area contributed by atoms with Crippen molar-refractivity contribution in [3.05, 3.63) is 78.1 Å². The highest BCUT2D eigenvalue weighted by Gasteiger charge is 2.49. The minimum absolute atomic E-state index is 0.293. The van der Waals surface area contributed by atoms with Gasteiger partial charge in [0.2, 0.25) is 5.91 Å². The zero-order valence-electron chi connectivity index (χ0n) is 17.6.